The Labute approximate surface area is 102 Å². The first-order chi connectivity index (χ1) is 7.70. The molecule has 2 rings (SSSR count). The molecule has 2 N–H and O–H groups in total. The van der Waals surface area contributed by atoms with Gasteiger partial charge in [0, 0.05) is 0 Å². The molecule has 1 aliphatic heterocycles. The summed E-state index contributed by atoms with van der Waals surface area (Å²) in [7, 11) is 0. The van der Waals surface area contributed by atoms with Crippen LogP contribution in [0.5, 0.6) is 0 Å². The summed E-state index contributed by atoms with van der Waals surface area (Å²) in [6.07, 6.45) is 2.51. The quantitative estimate of drug-likeness (QED) is 0.814. The van der Waals surface area contributed by atoms with Crippen LogP contribution in [0.1, 0.15) is 30.0 Å². The summed E-state index contributed by atoms with van der Waals surface area (Å²) in [4.78, 5) is 2.99. The fraction of sp³-hybridized carbons (Fsp3) is 0.462. The van der Waals surface area contributed by atoms with Gasteiger partial charge in [-0.15, -0.1) is 0 Å². The average Bonchev–Trinajstić information content (AvgIpc) is 2.74. The first-order valence-corrected chi connectivity index (χ1v) is 6.20. The van der Waals surface area contributed by atoms with Gasteiger partial charge in [-0.2, -0.15) is 0 Å². The van der Waals surface area contributed by atoms with Crippen molar-refractivity contribution < 1.29 is 0 Å². The van der Waals surface area contributed by atoms with E-state index in [9.17, 15) is 0 Å². The number of nitrogens with zero attached hydrogens (tertiary/aromatic N) is 1. The number of rotatable bonds is 3. The molecule has 1 unspecified atom stereocenters. The Morgan fingerprint density at radius 3 is 2.50 bits per heavy atom. The monoisotopic (exact) mass is 234 g/mol. The molecule has 0 amide bonds. The molecule has 0 spiro atoms. The van der Waals surface area contributed by atoms with Gasteiger partial charge in [0.15, 0.2) is 0 Å². The van der Waals surface area contributed by atoms with Crippen LogP contribution in [0.25, 0.3) is 0 Å². The second-order valence-electron chi connectivity index (χ2n) is 4.40. The molecule has 1 saturated heterocycles. The van der Waals surface area contributed by atoms with Crippen molar-refractivity contribution in [2.24, 2.45) is 5.73 Å². The molecule has 1 aliphatic rings. The van der Waals surface area contributed by atoms with Crippen LogP contribution >= 0.6 is 12.2 Å². The molecule has 0 aromatic heterocycles. The van der Waals surface area contributed by atoms with Crippen LogP contribution in [-0.4, -0.2) is 23.0 Å². The smallest absolute Gasteiger partial charge is 0.0948 e. The Morgan fingerprint density at radius 1 is 1.31 bits per heavy atom. The fourth-order valence-electron chi connectivity index (χ4n) is 2.42. The third-order valence-electron chi connectivity index (χ3n) is 3.26. The summed E-state index contributed by atoms with van der Waals surface area (Å²) in [6, 6.07) is 8.50. The minimum Gasteiger partial charge on any atom is -0.392 e. The van der Waals surface area contributed by atoms with Gasteiger partial charge in [-0.1, -0.05) is 36.5 Å². The fourth-order valence-corrected chi connectivity index (χ4v) is 2.70. The van der Waals surface area contributed by atoms with Gasteiger partial charge < -0.3 is 5.73 Å². The molecule has 1 aromatic carbocycles. The molecule has 86 valence electrons. The van der Waals surface area contributed by atoms with E-state index in [0.717, 1.165) is 13.1 Å². The molecule has 16 heavy (non-hydrogen) atoms. The maximum absolute atomic E-state index is 5.91. The normalized spacial score (nSPS) is 18.6. The predicted molar refractivity (Wildman–Crippen MR) is 71.5 cm³/mol. The molecule has 0 aliphatic carbocycles. The van der Waals surface area contributed by atoms with Crippen molar-refractivity contribution in [1.82, 2.24) is 4.90 Å². The lowest BCUT2D eigenvalue weighted by molar-refractivity contribution is 0.304. The zero-order chi connectivity index (χ0) is 11.5. The summed E-state index contributed by atoms with van der Waals surface area (Å²) >= 11 is 5.23. The molecule has 0 bridgehead atoms. The molecule has 1 fully saturated rings. The number of hydrogen-bond donors (Lipinski definition) is 1. The van der Waals surface area contributed by atoms with Crippen LogP contribution in [0.2, 0.25) is 0 Å². The molecular formula is C13H18N2S. The van der Waals surface area contributed by atoms with E-state index in [4.69, 9.17) is 18.0 Å². The van der Waals surface area contributed by atoms with Gasteiger partial charge in [0.05, 0.1) is 11.0 Å². The van der Waals surface area contributed by atoms with Gasteiger partial charge in [-0.25, -0.2) is 0 Å². The average molecular weight is 234 g/mol. The van der Waals surface area contributed by atoms with E-state index in [1.54, 1.807) is 0 Å². The zero-order valence-corrected chi connectivity index (χ0v) is 10.5. The lowest BCUT2D eigenvalue weighted by Gasteiger charge is -2.28. The SMILES string of the molecule is Cc1ccccc1C(C(N)=S)N1CCCC1. The highest BCUT2D eigenvalue weighted by atomic mass is 32.1. The summed E-state index contributed by atoms with van der Waals surface area (Å²) in [5, 5.41) is 0. The summed E-state index contributed by atoms with van der Waals surface area (Å²) in [6.45, 7) is 4.34. The van der Waals surface area contributed by atoms with Gasteiger partial charge in [0.2, 0.25) is 0 Å². The number of hydrogen-bond acceptors (Lipinski definition) is 2. The lowest BCUT2D eigenvalue weighted by atomic mass is 10.0. The Bertz CT molecular complexity index is 383. The van der Waals surface area contributed by atoms with E-state index in [1.807, 2.05) is 0 Å². The van der Waals surface area contributed by atoms with Crippen molar-refractivity contribution in [2.45, 2.75) is 25.8 Å². The molecule has 1 aromatic rings. The van der Waals surface area contributed by atoms with Crippen LogP contribution in [0.15, 0.2) is 24.3 Å². The molecule has 1 atom stereocenters. The molecular weight excluding hydrogens is 216 g/mol. The third kappa shape index (κ3) is 2.25. The predicted octanol–water partition coefficient (Wildman–Crippen LogP) is 2.42. The van der Waals surface area contributed by atoms with E-state index in [2.05, 4.69) is 36.1 Å². The van der Waals surface area contributed by atoms with Crippen molar-refractivity contribution in [3.8, 4) is 0 Å². The maximum atomic E-state index is 5.91. The van der Waals surface area contributed by atoms with Crippen LogP contribution in [0, 0.1) is 6.92 Å². The van der Waals surface area contributed by atoms with Crippen molar-refractivity contribution in [2.75, 3.05) is 13.1 Å². The van der Waals surface area contributed by atoms with Crippen LogP contribution in [0.4, 0.5) is 0 Å². The van der Waals surface area contributed by atoms with Crippen LogP contribution < -0.4 is 5.73 Å². The highest BCUT2D eigenvalue weighted by Crippen LogP contribution is 2.27. The Morgan fingerprint density at radius 2 is 1.94 bits per heavy atom. The topological polar surface area (TPSA) is 29.3 Å². The second kappa shape index (κ2) is 4.93. The molecule has 0 radical (unpaired) electrons. The molecule has 3 heteroatoms. The summed E-state index contributed by atoms with van der Waals surface area (Å²) in [5.41, 5.74) is 8.44. The van der Waals surface area contributed by atoms with Crippen molar-refractivity contribution in [3.63, 3.8) is 0 Å². The van der Waals surface area contributed by atoms with E-state index in [-0.39, 0.29) is 6.04 Å². The van der Waals surface area contributed by atoms with Crippen molar-refractivity contribution in [1.29, 1.82) is 0 Å². The molecule has 1 heterocycles. The Balaban J connectivity index is 2.32. The maximum Gasteiger partial charge on any atom is 0.0948 e. The lowest BCUT2D eigenvalue weighted by Crippen LogP contribution is -2.35. The minimum absolute atomic E-state index is 0.124. The summed E-state index contributed by atoms with van der Waals surface area (Å²) in [5.74, 6) is 0. The molecule has 2 nitrogen and oxygen atoms in total. The van der Waals surface area contributed by atoms with E-state index in [0.29, 0.717) is 4.99 Å². The minimum atomic E-state index is 0.124. The first kappa shape index (κ1) is 11.6. The number of benzene rings is 1. The van der Waals surface area contributed by atoms with Crippen LogP contribution in [-0.2, 0) is 0 Å². The largest absolute Gasteiger partial charge is 0.392 e. The van der Waals surface area contributed by atoms with E-state index < -0.39 is 0 Å². The van der Waals surface area contributed by atoms with Gasteiger partial charge in [-0.3, -0.25) is 4.90 Å². The van der Waals surface area contributed by atoms with Crippen molar-refractivity contribution in [3.05, 3.63) is 35.4 Å². The Hall–Kier alpha value is -0.930. The third-order valence-corrected chi connectivity index (χ3v) is 3.48. The van der Waals surface area contributed by atoms with Gasteiger partial charge in [0.1, 0.15) is 0 Å². The first-order valence-electron chi connectivity index (χ1n) is 5.79. The number of nitrogens with two attached hydrogens (primary N) is 1. The number of thiocarbonyl (C=S) groups is 1. The van der Waals surface area contributed by atoms with E-state index in [1.165, 1.54) is 24.0 Å². The highest BCUT2D eigenvalue weighted by Gasteiger charge is 2.26. The standard InChI is InChI=1S/C13H18N2S/c1-10-6-2-3-7-11(10)12(13(14)16)15-8-4-5-9-15/h2-3,6-7,12H,4-5,8-9H2,1H3,(H2,14,16). The number of likely N-dealkylation sites (tertiary alicyclic amines) is 1. The van der Waals surface area contributed by atoms with Gasteiger partial charge in [-0.05, 0) is 44.0 Å². The second-order valence-corrected chi connectivity index (χ2v) is 4.88. The number of aryl methyl sites for hydroxylation is 1. The van der Waals surface area contributed by atoms with Crippen LogP contribution in [0.3, 0.4) is 0 Å². The highest BCUT2D eigenvalue weighted by molar-refractivity contribution is 7.80. The van der Waals surface area contributed by atoms with E-state index >= 15 is 0 Å². The van der Waals surface area contributed by atoms with Gasteiger partial charge >= 0.3 is 0 Å². The Kier molecular flexibility index (Phi) is 3.56. The van der Waals surface area contributed by atoms with Gasteiger partial charge in [0.25, 0.3) is 0 Å². The summed E-state index contributed by atoms with van der Waals surface area (Å²) < 4.78 is 0. The van der Waals surface area contributed by atoms with Crippen molar-refractivity contribution >= 4 is 17.2 Å². The zero-order valence-electron chi connectivity index (χ0n) is 9.65. The molecule has 0 saturated carbocycles.